The maximum atomic E-state index is 12.8. The van der Waals surface area contributed by atoms with Crippen LogP contribution >= 0.6 is 0 Å². The SMILES string of the molecule is C[C@H]1[C@H](C)CC[C@]2(C(=O)O)CC[C@]3(C)C(=CC[C@@H]4[C@@]5(C)C[C@H](O)[C@H](O)C(C)(C)C5CC[C@]43C)[C@H]12. The van der Waals surface area contributed by atoms with Crippen molar-refractivity contribution in [1.29, 1.82) is 0 Å². The van der Waals surface area contributed by atoms with Crippen molar-refractivity contribution in [2.75, 3.05) is 0 Å². The lowest BCUT2D eigenvalue weighted by atomic mass is 9.33. The van der Waals surface area contributed by atoms with E-state index in [0.29, 0.717) is 30.1 Å². The Hall–Kier alpha value is -0.870. The quantitative estimate of drug-likeness (QED) is 0.405. The first-order chi connectivity index (χ1) is 15.7. The van der Waals surface area contributed by atoms with Crippen LogP contribution in [0.1, 0.15) is 99.8 Å². The lowest BCUT2D eigenvalue weighted by Gasteiger charge is -2.71. The molecule has 0 amide bonds. The number of hydrogen-bond donors (Lipinski definition) is 3. The maximum Gasteiger partial charge on any atom is 0.310 e. The average molecular weight is 473 g/mol. The van der Waals surface area contributed by atoms with E-state index in [1.54, 1.807) is 0 Å². The largest absolute Gasteiger partial charge is 0.481 e. The molecule has 0 heterocycles. The van der Waals surface area contributed by atoms with Gasteiger partial charge in [-0.15, -0.1) is 0 Å². The van der Waals surface area contributed by atoms with Gasteiger partial charge in [0.05, 0.1) is 17.6 Å². The Labute approximate surface area is 206 Å². The molecule has 3 N–H and O–H groups in total. The minimum Gasteiger partial charge on any atom is -0.481 e. The summed E-state index contributed by atoms with van der Waals surface area (Å²) in [6.45, 7) is 16.3. The van der Waals surface area contributed by atoms with Gasteiger partial charge < -0.3 is 15.3 Å². The molecule has 0 radical (unpaired) electrons. The molecule has 34 heavy (non-hydrogen) atoms. The molecule has 0 saturated heterocycles. The summed E-state index contributed by atoms with van der Waals surface area (Å²) in [7, 11) is 0. The minimum absolute atomic E-state index is 0.00993. The van der Waals surface area contributed by atoms with E-state index in [2.05, 4.69) is 54.5 Å². The third kappa shape index (κ3) is 2.76. The van der Waals surface area contributed by atoms with Gasteiger partial charge in [-0.3, -0.25) is 4.79 Å². The van der Waals surface area contributed by atoms with Crippen molar-refractivity contribution in [3.05, 3.63) is 11.6 Å². The molecule has 0 bridgehead atoms. The molecular weight excluding hydrogens is 424 g/mol. The average Bonchev–Trinajstić information content (AvgIpc) is 2.75. The second-order valence-corrected chi connectivity index (χ2v) is 14.6. The van der Waals surface area contributed by atoms with Crippen LogP contribution in [0.4, 0.5) is 0 Å². The third-order valence-corrected chi connectivity index (χ3v) is 13.4. The zero-order valence-electron chi connectivity index (χ0n) is 22.5. The number of rotatable bonds is 1. The van der Waals surface area contributed by atoms with Crippen LogP contribution in [-0.4, -0.2) is 33.5 Å². The summed E-state index contributed by atoms with van der Waals surface area (Å²) in [5.74, 6) is 1.30. The Balaban J connectivity index is 1.62. The van der Waals surface area contributed by atoms with Gasteiger partial charge >= 0.3 is 5.97 Å². The molecule has 4 saturated carbocycles. The standard InChI is InChI=1S/C30H48O4/c1-17-10-13-30(25(33)34)15-14-28(6)19(23(30)18(17)2)8-9-22-27(5)16-20(31)24(32)26(3,4)21(27)11-12-29(22,28)7/h8,17-18,20-24,31-32H,9-16H2,1-7H3,(H,33,34)/t17-,18+,20+,21?,22-,23+,24+,27+,28-,29-,30+/m1/s1. The van der Waals surface area contributed by atoms with Crippen molar-refractivity contribution in [3.8, 4) is 0 Å². The number of aliphatic hydroxyl groups is 2. The molecule has 0 aromatic carbocycles. The zero-order chi connectivity index (χ0) is 25.1. The number of fused-ring (bicyclic) bond motifs is 7. The number of allylic oxidation sites excluding steroid dienone is 2. The van der Waals surface area contributed by atoms with Gasteiger partial charge in [0.1, 0.15) is 0 Å². The molecule has 0 aromatic rings. The molecule has 11 atom stereocenters. The molecule has 5 rings (SSSR count). The van der Waals surface area contributed by atoms with Crippen molar-refractivity contribution in [2.45, 2.75) is 112 Å². The number of carboxylic acid groups (broad SMARTS) is 1. The molecule has 4 heteroatoms. The highest BCUT2D eigenvalue weighted by atomic mass is 16.4. The van der Waals surface area contributed by atoms with Crippen LogP contribution in [0.3, 0.4) is 0 Å². The summed E-state index contributed by atoms with van der Waals surface area (Å²) in [5.41, 5.74) is 0.574. The van der Waals surface area contributed by atoms with Crippen molar-refractivity contribution >= 4 is 5.97 Å². The molecule has 0 aliphatic heterocycles. The summed E-state index contributed by atoms with van der Waals surface area (Å²) < 4.78 is 0. The third-order valence-electron chi connectivity index (χ3n) is 13.4. The van der Waals surface area contributed by atoms with Crippen molar-refractivity contribution in [1.82, 2.24) is 0 Å². The van der Waals surface area contributed by atoms with Crippen LogP contribution in [0, 0.1) is 56.7 Å². The summed E-state index contributed by atoms with van der Waals surface area (Å²) in [5, 5.41) is 32.4. The number of hydrogen-bond acceptors (Lipinski definition) is 3. The Bertz CT molecular complexity index is 907. The first kappa shape index (κ1) is 24.8. The summed E-state index contributed by atoms with van der Waals surface area (Å²) in [6, 6.07) is 0. The fraction of sp³-hybridized carbons (Fsp3) is 0.900. The number of carboxylic acids is 1. The van der Waals surface area contributed by atoms with Gasteiger partial charge in [-0.2, -0.15) is 0 Å². The maximum absolute atomic E-state index is 12.8. The van der Waals surface area contributed by atoms with E-state index in [-0.39, 0.29) is 27.6 Å². The molecule has 0 aromatic heterocycles. The number of aliphatic hydroxyl groups excluding tert-OH is 2. The zero-order valence-corrected chi connectivity index (χ0v) is 22.5. The molecular formula is C30H48O4. The van der Waals surface area contributed by atoms with Gasteiger partial charge in [0, 0.05) is 0 Å². The number of aliphatic carboxylic acids is 1. The number of carbonyl (C=O) groups is 1. The van der Waals surface area contributed by atoms with Crippen LogP contribution in [-0.2, 0) is 4.79 Å². The second-order valence-electron chi connectivity index (χ2n) is 14.6. The summed E-state index contributed by atoms with van der Waals surface area (Å²) in [6.07, 6.45) is 8.53. The summed E-state index contributed by atoms with van der Waals surface area (Å²) in [4.78, 5) is 12.8. The fourth-order valence-corrected chi connectivity index (χ4v) is 11.0. The molecule has 0 spiro atoms. The van der Waals surface area contributed by atoms with Gasteiger partial charge in [-0.25, -0.2) is 0 Å². The van der Waals surface area contributed by atoms with E-state index in [1.165, 1.54) is 5.57 Å². The first-order valence-corrected chi connectivity index (χ1v) is 14.0. The second kappa shape index (κ2) is 7.34. The van der Waals surface area contributed by atoms with Gasteiger partial charge in [0.15, 0.2) is 0 Å². The molecule has 5 aliphatic carbocycles. The Morgan fingerprint density at radius 1 is 0.941 bits per heavy atom. The Morgan fingerprint density at radius 2 is 1.62 bits per heavy atom. The monoisotopic (exact) mass is 472 g/mol. The van der Waals surface area contributed by atoms with Gasteiger partial charge in [0.25, 0.3) is 0 Å². The predicted octanol–water partition coefficient (Wildman–Crippen LogP) is 6.06. The van der Waals surface area contributed by atoms with E-state index < -0.39 is 23.6 Å². The van der Waals surface area contributed by atoms with Gasteiger partial charge in [0.2, 0.25) is 0 Å². The van der Waals surface area contributed by atoms with Crippen LogP contribution in [0.25, 0.3) is 0 Å². The topological polar surface area (TPSA) is 77.8 Å². The van der Waals surface area contributed by atoms with Crippen LogP contribution in [0.15, 0.2) is 11.6 Å². The normalized spacial score (nSPS) is 56.3. The summed E-state index contributed by atoms with van der Waals surface area (Å²) >= 11 is 0. The molecule has 192 valence electrons. The minimum atomic E-state index is -0.679. The van der Waals surface area contributed by atoms with E-state index in [9.17, 15) is 20.1 Å². The molecule has 4 nitrogen and oxygen atoms in total. The highest BCUT2D eigenvalue weighted by molar-refractivity contribution is 5.76. The molecule has 1 unspecified atom stereocenters. The van der Waals surface area contributed by atoms with E-state index in [0.717, 1.165) is 44.9 Å². The van der Waals surface area contributed by atoms with Crippen LogP contribution < -0.4 is 0 Å². The fourth-order valence-electron chi connectivity index (χ4n) is 11.0. The van der Waals surface area contributed by atoms with E-state index >= 15 is 0 Å². The smallest absolute Gasteiger partial charge is 0.310 e. The van der Waals surface area contributed by atoms with Crippen molar-refractivity contribution in [3.63, 3.8) is 0 Å². The predicted molar refractivity (Wildman–Crippen MR) is 134 cm³/mol. The van der Waals surface area contributed by atoms with E-state index in [4.69, 9.17) is 0 Å². The van der Waals surface area contributed by atoms with Crippen LogP contribution in [0.2, 0.25) is 0 Å². The lowest BCUT2D eigenvalue weighted by molar-refractivity contribution is -0.232. The van der Waals surface area contributed by atoms with Gasteiger partial charge in [-0.05, 0) is 103 Å². The van der Waals surface area contributed by atoms with Crippen LogP contribution in [0.5, 0.6) is 0 Å². The lowest BCUT2D eigenvalue weighted by Crippen LogP contribution is -2.67. The first-order valence-electron chi connectivity index (χ1n) is 14.0. The Morgan fingerprint density at radius 3 is 2.26 bits per heavy atom. The molecule has 4 fully saturated rings. The highest BCUT2D eigenvalue weighted by Crippen LogP contribution is 2.75. The van der Waals surface area contributed by atoms with Crippen molar-refractivity contribution < 1.29 is 20.1 Å². The van der Waals surface area contributed by atoms with E-state index in [1.807, 2.05) is 0 Å². The highest BCUT2D eigenvalue weighted by Gasteiger charge is 2.70. The van der Waals surface area contributed by atoms with Gasteiger partial charge in [-0.1, -0.05) is 60.1 Å². The van der Waals surface area contributed by atoms with Crippen molar-refractivity contribution in [2.24, 2.45) is 56.7 Å². The Kier molecular flexibility index (Phi) is 5.36. The molecule has 5 aliphatic rings.